The summed E-state index contributed by atoms with van der Waals surface area (Å²) in [6.45, 7) is 4.54. The zero-order valence-electron chi connectivity index (χ0n) is 14.3. The molecule has 126 valence electrons. The largest absolute Gasteiger partial charge is 0.324 e. The van der Waals surface area contributed by atoms with Crippen LogP contribution in [0.4, 0.5) is 17.3 Å². The summed E-state index contributed by atoms with van der Waals surface area (Å²) in [5, 5.41) is 3.11. The van der Waals surface area contributed by atoms with Crippen molar-refractivity contribution in [1.82, 2.24) is 9.97 Å². The number of anilines is 3. The molecule has 0 atom stereocenters. The summed E-state index contributed by atoms with van der Waals surface area (Å²) in [6.07, 6.45) is 3.11. The van der Waals surface area contributed by atoms with E-state index in [1.165, 1.54) is 0 Å². The lowest BCUT2D eigenvalue weighted by molar-refractivity contribution is 0.0987. The maximum absolute atomic E-state index is 12.8. The van der Waals surface area contributed by atoms with E-state index in [4.69, 9.17) is 0 Å². The Morgan fingerprint density at radius 2 is 1.76 bits per heavy atom. The lowest BCUT2D eigenvalue weighted by Gasteiger charge is -2.21. The minimum absolute atomic E-state index is 0.112. The van der Waals surface area contributed by atoms with E-state index in [2.05, 4.69) is 15.3 Å². The molecule has 2 aromatic carbocycles. The lowest BCUT2D eigenvalue weighted by atomic mass is 10.2. The fourth-order valence-electron chi connectivity index (χ4n) is 2.55. The molecule has 0 spiro atoms. The van der Waals surface area contributed by atoms with Gasteiger partial charge in [-0.05, 0) is 43.7 Å². The number of nitrogens with one attached hydrogen (secondary N) is 1. The van der Waals surface area contributed by atoms with Crippen LogP contribution in [0.25, 0.3) is 0 Å². The van der Waals surface area contributed by atoms with Crippen molar-refractivity contribution in [2.75, 3.05) is 16.8 Å². The molecule has 0 aliphatic heterocycles. The number of rotatable bonds is 5. The topological polar surface area (TPSA) is 58.1 Å². The van der Waals surface area contributed by atoms with Gasteiger partial charge in [0.2, 0.25) is 5.95 Å². The van der Waals surface area contributed by atoms with E-state index in [1.807, 2.05) is 68.4 Å². The van der Waals surface area contributed by atoms with Crippen LogP contribution in [0.3, 0.4) is 0 Å². The zero-order chi connectivity index (χ0) is 17.6. The van der Waals surface area contributed by atoms with Gasteiger partial charge in [0.25, 0.3) is 5.91 Å². The van der Waals surface area contributed by atoms with Crippen LogP contribution in [-0.2, 0) is 0 Å². The van der Waals surface area contributed by atoms with Gasteiger partial charge in [0.05, 0.1) is 5.56 Å². The first-order chi connectivity index (χ1) is 12.2. The Morgan fingerprint density at radius 3 is 2.40 bits per heavy atom. The lowest BCUT2D eigenvalue weighted by Crippen LogP contribution is -2.30. The summed E-state index contributed by atoms with van der Waals surface area (Å²) in [7, 11) is 0. The van der Waals surface area contributed by atoms with E-state index in [1.54, 1.807) is 17.3 Å². The highest BCUT2D eigenvalue weighted by molar-refractivity contribution is 6.05. The third kappa shape index (κ3) is 4.01. The van der Waals surface area contributed by atoms with Crippen LogP contribution < -0.4 is 10.2 Å². The first kappa shape index (κ1) is 16.6. The number of carbonyl (C=O) groups is 1. The molecule has 1 N–H and O–H groups in total. The van der Waals surface area contributed by atoms with E-state index in [0.29, 0.717) is 18.1 Å². The molecule has 3 rings (SSSR count). The Labute approximate surface area is 147 Å². The first-order valence-electron chi connectivity index (χ1n) is 8.20. The van der Waals surface area contributed by atoms with E-state index in [-0.39, 0.29) is 5.91 Å². The Morgan fingerprint density at radius 1 is 1.04 bits per heavy atom. The molecule has 1 aromatic heterocycles. The van der Waals surface area contributed by atoms with E-state index in [9.17, 15) is 4.79 Å². The number of nitrogens with zero attached hydrogens (tertiary/aromatic N) is 3. The van der Waals surface area contributed by atoms with Crippen LogP contribution in [0.15, 0.2) is 67.0 Å². The molecule has 0 unspecified atom stereocenters. The van der Waals surface area contributed by atoms with Gasteiger partial charge in [-0.15, -0.1) is 0 Å². The average Bonchev–Trinajstić information content (AvgIpc) is 2.64. The molecule has 25 heavy (non-hydrogen) atoms. The molecule has 1 amide bonds. The smallest absolute Gasteiger partial charge is 0.261 e. The minimum atomic E-state index is -0.112. The first-order valence-corrected chi connectivity index (χ1v) is 8.20. The van der Waals surface area contributed by atoms with Gasteiger partial charge in [-0.2, -0.15) is 0 Å². The number of aromatic nitrogens is 2. The van der Waals surface area contributed by atoms with Gasteiger partial charge in [0.1, 0.15) is 0 Å². The highest BCUT2D eigenvalue weighted by Gasteiger charge is 2.17. The van der Waals surface area contributed by atoms with Gasteiger partial charge in [0.15, 0.2) is 0 Å². The van der Waals surface area contributed by atoms with Crippen LogP contribution in [0.5, 0.6) is 0 Å². The Balaban J connectivity index is 1.77. The molecule has 0 aliphatic rings. The van der Waals surface area contributed by atoms with Crippen LogP contribution in [0.2, 0.25) is 0 Å². The van der Waals surface area contributed by atoms with Crippen molar-refractivity contribution in [2.24, 2.45) is 0 Å². The van der Waals surface area contributed by atoms with Crippen molar-refractivity contribution in [1.29, 1.82) is 0 Å². The van der Waals surface area contributed by atoms with Gasteiger partial charge in [-0.3, -0.25) is 4.79 Å². The van der Waals surface area contributed by atoms with E-state index in [0.717, 1.165) is 16.9 Å². The van der Waals surface area contributed by atoms with Crippen molar-refractivity contribution in [3.63, 3.8) is 0 Å². The second-order valence-corrected chi connectivity index (χ2v) is 5.67. The van der Waals surface area contributed by atoms with Crippen molar-refractivity contribution < 1.29 is 4.79 Å². The van der Waals surface area contributed by atoms with Crippen molar-refractivity contribution in [3.8, 4) is 0 Å². The molecule has 0 radical (unpaired) electrons. The minimum Gasteiger partial charge on any atom is -0.324 e. The number of carbonyl (C=O) groups excluding carboxylic acids is 1. The maximum atomic E-state index is 12.8. The van der Waals surface area contributed by atoms with Crippen molar-refractivity contribution in [2.45, 2.75) is 13.8 Å². The highest BCUT2D eigenvalue weighted by Crippen LogP contribution is 2.19. The SMILES string of the molecule is CCN(C(=O)c1cnc(Nc2ccccc2)nc1)c1cccc(C)c1. The number of benzene rings is 2. The number of hydrogen-bond donors (Lipinski definition) is 1. The molecule has 0 bridgehead atoms. The van der Waals surface area contributed by atoms with Gasteiger partial charge in [-0.1, -0.05) is 30.3 Å². The fourth-order valence-corrected chi connectivity index (χ4v) is 2.55. The second-order valence-electron chi connectivity index (χ2n) is 5.67. The molecule has 3 aromatic rings. The van der Waals surface area contributed by atoms with Crippen LogP contribution in [-0.4, -0.2) is 22.4 Å². The van der Waals surface area contributed by atoms with Gasteiger partial charge < -0.3 is 10.2 Å². The third-order valence-electron chi connectivity index (χ3n) is 3.80. The molecular formula is C20H20N4O. The molecule has 0 fully saturated rings. The Bertz CT molecular complexity index is 847. The van der Waals surface area contributed by atoms with E-state index < -0.39 is 0 Å². The predicted octanol–water partition coefficient (Wildman–Crippen LogP) is 4.20. The van der Waals surface area contributed by atoms with Gasteiger partial charge in [-0.25, -0.2) is 9.97 Å². The fraction of sp³-hybridized carbons (Fsp3) is 0.150. The van der Waals surface area contributed by atoms with Gasteiger partial charge >= 0.3 is 0 Å². The summed E-state index contributed by atoms with van der Waals surface area (Å²) in [4.78, 5) is 23.0. The average molecular weight is 332 g/mol. The molecular weight excluding hydrogens is 312 g/mol. The summed E-state index contributed by atoms with van der Waals surface area (Å²) >= 11 is 0. The van der Waals surface area contributed by atoms with Crippen LogP contribution in [0, 0.1) is 6.92 Å². The molecule has 0 saturated carbocycles. The summed E-state index contributed by atoms with van der Waals surface area (Å²) in [5.41, 5.74) is 3.35. The highest BCUT2D eigenvalue weighted by atomic mass is 16.2. The summed E-state index contributed by atoms with van der Waals surface area (Å²) in [5.74, 6) is 0.348. The monoisotopic (exact) mass is 332 g/mol. The van der Waals surface area contributed by atoms with Crippen LogP contribution >= 0.6 is 0 Å². The van der Waals surface area contributed by atoms with Gasteiger partial charge in [0, 0.05) is 30.3 Å². The van der Waals surface area contributed by atoms with Crippen molar-refractivity contribution in [3.05, 3.63) is 78.1 Å². The number of amides is 1. The molecule has 1 heterocycles. The molecule has 5 nitrogen and oxygen atoms in total. The zero-order valence-corrected chi connectivity index (χ0v) is 14.3. The third-order valence-corrected chi connectivity index (χ3v) is 3.80. The number of aryl methyl sites for hydroxylation is 1. The van der Waals surface area contributed by atoms with E-state index >= 15 is 0 Å². The Hall–Kier alpha value is -3.21. The Kier molecular flexibility index (Phi) is 5.04. The normalized spacial score (nSPS) is 10.3. The second kappa shape index (κ2) is 7.57. The number of para-hydroxylation sites is 1. The molecule has 0 aliphatic carbocycles. The van der Waals surface area contributed by atoms with Crippen LogP contribution in [0.1, 0.15) is 22.8 Å². The predicted molar refractivity (Wildman–Crippen MR) is 100 cm³/mol. The standard InChI is InChI=1S/C20H20N4O/c1-3-24(18-11-7-8-15(2)12-18)19(25)16-13-21-20(22-14-16)23-17-9-5-4-6-10-17/h4-14H,3H2,1-2H3,(H,21,22,23). The molecule has 0 saturated heterocycles. The maximum Gasteiger partial charge on any atom is 0.261 e. The summed E-state index contributed by atoms with van der Waals surface area (Å²) < 4.78 is 0. The number of hydrogen-bond acceptors (Lipinski definition) is 4. The van der Waals surface area contributed by atoms with Crippen molar-refractivity contribution >= 4 is 23.2 Å². The summed E-state index contributed by atoms with van der Waals surface area (Å²) in [6, 6.07) is 17.5. The quantitative estimate of drug-likeness (QED) is 0.761. The molecule has 5 heteroatoms.